The number of benzene rings is 2. The molecule has 0 N–H and O–H groups in total. The minimum Gasteiger partial charge on any atom is -0.469 e. The number of ether oxygens (including phenoxy) is 1. The number of methoxy groups -OCH3 is 1. The van der Waals surface area contributed by atoms with Crippen LogP contribution < -0.4 is 5.56 Å². The lowest BCUT2D eigenvalue weighted by Gasteiger charge is -2.13. The van der Waals surface area contributed by atoms with Gasteiger partial charge in [-0.25, -0.2) is 4.98 Å². The average Bonchev–Trinajstić information content (AvgIpc) is 2.71. The lowest BCUT2D eigenvalue weighted by molar-refractivity contribution is -0.140. The molecule has 1 heterocycles. The van der Waals surface area contributed by atoms with Gasteiger partial charge in [-0.15, -0.1) is 11.8 Å². The number of esters is 1. The van der Waals surface area contributed by atoms with Gasteiger partial charge in [-0.1, -0.05) is 36.0 Å². The molecule has 0 spiro atoms. The van der Waals surface area contributed by atoms with Gasteiger partial charge in [0, 0.05) is 17.2 Å². The van der Waals surface area contributed by atoms with E-state index in [1.165, 1.54) is 23.8 Å². The summed E-state index contributed by atoms with van der Waals surface area (Å²) in [5, 5.41) is 1.16. The first-order valence-electron chi connectivity index (χ1n) is 8.44. The molecular weight excluding hydrogens is 380 g/mol. The van der Waals surface area contributed by atoms with Crippen molar-refractivity contribution in [2.75, 3.05) is 13.4 Å². The number of thioether (sulfide) groups is 2. The molecular formula is C20H20N2O3S2. The van der Waals surface area contributed by atoms with Gasteiger partial charge in [0.1, 0.15) is 0 Å². The first-order chi connectivity index (χ1) is 13.1. The topological polar surface area (TPSA) is 61.2 Å². The fraction of sp³-hybridized carbons (Fsp3) is 0.250. The van der Waals surface area contributed by atoms with Gasteiger partial charge in [0.25, 0.3) is 5.56 Å². The fourth-order valence-corrected chi connectivity index (χ4v) is 4.02. The second kappa shape index (κ2) is 9.10. The van der Waals surface area contributed by atoms with E-state index >= 15 is 0 Å². The van der Waals surface area contributed by atoms with Crippen LogP contribution >= 0.6 is 23.5 Å². The van der Waals surface area contributed by atoms with E-state index in [9.17, 15) is 9.59 Å². The van der Waals surface area contributed by atoms with Crippen LogP contribution in [0.5, 0.6) is 0 Å². The molecule has 5 nitrogen and oxygen atoms in total. The molecule has 7 heteroatoms. The molecule has 0 saturated heterocycles. The smallest absolute Gasteiger partial charge is 0.307 e. The van der Waals surface area contributed by atoms with E-state index in [0.29, 0.717) is 21.8 Å². The highest BCUT2D eigenvalue weighted by Gasteiger charge is 2.13. The summed E-state index contributed by atoms with van der Waals surface area (Å²) < 4.78 is 6.28. The van der Waals surface area contributed by atoms with Crippen LogP contribution in [0, 0.1) is 0 Å². The number of hydrogen-bond donors (Lipinski definition) is 0. The van der Waals surface area contributed by atoms with Crippen LogP contribution in [-0.2, 0) is 21.8 Å². The number of fused-ring (bicyclic) bond motifs is 1. The highest BCUT2D eigenvalue weighted by molar-refractivity contribution is 7.98. The Bertz CT molecular complexity index is 1000. The fourth-order valence-electron chi connectivity index (χ4n) is 2.63. The maximum Gasteiger partial charge on any atom is 0.307 e. The van der Waals surface area contributed by atoms with Gasteiger partial charge in [-0.05, 0) is 36.1 Å². The lowest BCUT2D eigenvalue weighted by atomic mass is 10.2. The first kappa shape index (κ1) is 19.5. The summed E-state index contributed by atoms with van der Waals surface area (Å²) in [6, 6.07) is 15.6. The zero-order valence-electron chi connectivity index (χ0n) is 15.2. The van der Waals surface area contributed by atoms with E-state index in [1.54, 1.807) is 22.4 Å². The average molecular weight is 401 g/mol. The second-order valence-corrected chi connectivity index (χ2v) is 7.65. The zero-order valence-corrected chi connectivity index (χ0v) is 16.8. The van der Waals surface area contributed by atoms with Gasteiger partial charge >= 0.3 is 5.97 Å². The highest BCUT2D eigenvalue weighted by Crippen LogP contribution is 2.24. The molecule has 3 aromatic rings. The van der Waals surface area contributed by atoms with Crippen molar-refractivity contribution in [3.05, 3.63) is 64.4 Å². The lowest BCUT2D eigenvalue weighted by Crippen LogP contribution is -2.24. The van der Waals surface area contributed by atoms with Crippen LogP contribution in [0.15, 0.2) is 63.4 Å². The van der Waals surface area contributed by atoms with Crippen molar-refractivity contribution in [3.8, 4) is 0 Å². The van der Waals surface area contributed by atoms with Crippen LogP contribution in [0.3, 0.4) is 0 Å². The standard InChI is InChI=1S/C20H20N2O3S2/c1-25-18(23)11-12-22-19(24)16-5-3-4-6-17(16)21-20(22)27-13-14-7-9-15(26-2)10-8-14/h3-10H,11-13H2,1-2H3. The SMILES string of the molecule is COC(=O)CCn1c(SCc2ccc(SC)cc2)nc2ccccc2c1=O. The van der Waals surface area contributed by atoms with E-state index in [-0.39, 0.29) is 24.5 Å². The van der Waals surface area contributed by atoms with E-state index in [1.807, 2.05) is 24.5 Å². The Hall–Kier alpha value is -2.25. The highest BCUT2D eigenvalue weighted by atomic mass is 32.2. The van der Waals surface area contributed by atoms with E-state index in [0.717, 1.165) is 5.56 Å². The molecule has 2 aromatic carbocycles. The summed E-state index contributed by atoms with van der Waals surface area (Å²) in [7, 11) is 1.34. The maximum absolute atomic E-state index is 12.9. The van der Waals surface area contributed by atoms with Crippen LogP contribution in [0.25, 0.3) is 10.9 Å². The predicted molar refractivity (Wildman–Crippen MR) is 110 cm³/mol. The van der Waals surface area contributed by atoms with Crippen molar-refractivity contribution in [3.63, 3.8) is 0 Å². The molecule has 140 valence electrons. The molecule has 0 atom stereocenters. The molecule has 0 unspecified atom stereocenters. The van der Waals surface area contributed by atoms with Gasteiger partial charge in [-0.2, -0.15) is 0 Å². The number of aromatic nitrogens is 2. The van der Waals surface area contributed by atoms with Crippen LogP contribution in [0.2, 0.25) is 0 Å². The second-order valence-electron chi connectivity index (χ2n) is 5.83. The van der Waals surface area contributed by atoms with Crippen molar-refractivity contribution in [2.24, 2.45) is 0 Å². The molecule has 0 fully saturated rings. The molecule has 0 aliphatic heterocycles. The van der Waals surface area contributed by atoms with Crippen molar-refractivity contribution in [1.82, 2.24) is 9.55 Å². The summed E-state index contributed by atoms with van der Waals surface area (Å²) in [6.07, 6.45) is 2.18. The third kappa shape index (κ3) is 4.73. The normalized spacial score (nSPS) is 10.9. The molecule has 0 aliphatic carbocycles. The number of para-hydroxylation sites is 1. The van der Waals surface area contributed by atoms with Gasteiger partial charge < -0.3 is 4.74 Å². The molecule has 0 radical (unpaired) electrons. The molecule has 0 aliphatic rings. The largest absolute Gasteiger partial charge is 0.469 e. The van der Waals surface area contributed by atoms with Crippen molar-refractivity contribution in [2.45, 2.75) is 28.8 Å². The van der Waals surface area contributed by atoms with Crippen molar-refractivity contribution < 1.29 is 9.53 Å². The summed E-state index contributed by atoms with van der Waals surface area (Å²) in [5.41, 5.74) is 1.68. The van der Waals surface area contributed by atoms with E-state index in [4.69, 9.17) is 4.74 Å². The predicted octanol–water partition coefficient (Wildman–Crippen LogP) is 3.97. The Kier molecular flexibility index (Phi) is 6.58. The summed E-state index contributed by atoms with van der Waals surface area (Å²) >= 11 is 3.20. The molecule has 0 bridgehead atoms. The van der Waals surface area contributed by atoms with Gasteiger partial charge in [0.05, 0.1) is 24.4 Å². The Morgan fingerprint density at radius 3 is 2.59 bits per heavy atom. The Balaban J connectivity index is 1.90. The Morgan fingerprint density at radius 1 is 1.15 bits per heavy atom. The number of rotatable bonds is 7. The number of hydrogen-bond acceptors (Lipinski definition) is 6. The zero-order chi connectivity index (χ0) is 19.2. The van der Waals surface area contributed by atoms with Crippen molar-refractivity contribution >= 4 is 40.4 Å². The molecule has 27 heavy (non-hydrogen) atoms. The van der Waals surface area contributed by atoms with Gasteiger partial charge in [-0.3, -0.25) is 14.2 Å². The maximum atomic E-state index is 12.9. The third-order valence-corrected chi connectivity index (χ3v) is 5.91. The number of carbonyl (C=O) groups excluding carboxylic acids is 1. The Labute approximate surface area is 166 Å². The van der Waals surface area contributed by atoms with Gasteiger partial charge in [0.15, 0.2) is 5.16 Å². The van der Waals surface area contributed by atoms with E-state index in [2.05, 4.69) is 29.2 Å². The van der Waals surface area contributed by atoms with E-state index < -0.39 is 0 Å². The molecule has 1 aromatic heterocycles. The first-order valence-corrected chi connectivity index (χ1v) is 10.7. The molecule has 0 amide bonds. The van der Waals surface area contributed by atoms with Gasteiger partial charge in [0.2, 0.25) is 0 Å². The van der Waals surface area contributed by atoms with Crippen LogP contribution in [-0.4, -0.2) is 28.9 Å². The Morgan fingerprint density at radius 2 is 1.89 bits per heavy atom. The molecule has 0 saturated carbocycles. The molecule has 3 rings (SSSR count). The minimum absolute atomic E-state index is 0.131. The third-order valence-electron chi connectivity index (χ3n) is 4.12. The van der Waals surface area contributed by atoms with Crippen molar-refractivity contribution in [1.29, 1.82) is 0 Å². The van der Waals surface area contributed by atoms with Crippen LogP contribution in [0.4, 0.5) is 0 Å². The van der Waals surface area contributed by atoms with Crippen LogP contribution in [0.1, 0.15) is 12.0 Å². The summed E-state index contributed by atoms with van der Waals surface area (Å²) in [4.78, 5) is 30.3. The minimum atomic E-state index is -0.348. The monoisotopic (exact) mass is 400 g/mol. The number of carbonyl (C=O) groups is 1. The summed E-state index contributed by atoms with van der Waals surface area (Å²) in [6.45, 7) is 0.247. The number of nitrogens with zero attached hydrogens (tertiary/aromatic N) is 2. The quantitative estimate of drug-likeness (QED) is 0.340. The summed E-state index contributed by atoms with van der Waals surface area (Å²) in [5.74, 6) is 0.344.